The van der Waals surface area contributed by atoms with Crippen molar-refractivity contribution >= 4 is 33.2 Å². The van der Waals surface area contributed by atoms with Gasteiger partial charge >= 0.3 is 0 Å². The molecule has 0 radical (unpaired) electrons. The van der Waals surface area contributed by atoms with Gasteiger partial charge in [-0.2, -0.15) is 0 Å². The van der Waals surface area contributed by atoms with Crippen molar-refractivity contribution in [3.63, 3.8) is 0 Å². The van der Waals surface area contributed by atoms with Crippen molar-refractivity contribution in [3.05, 3.63) is 29.3 Å². The number of carbonyl (C=O) groups is 1. The van der Waals surface area contributed by atoms with E-state index in [1.807, 2.05) is 0 Å². The highest BCUT2D eigenvalue weighted by Crippen LogP contribution is 2.24. The molecule has 0 aliphatic carbocycles. The first-order valence-electron chi connectivity index (χ1n) is 7.25. The normalized spacial score (nSPS) is 14.1. The minimum absolute atomic E-state index is 0.215. The fourth-order valence-electron chi connectivity index (χ4n) is 2.28. The Balaban J connectivity index is 3.13. The van der Waals surface area contributed by atoms with Crippen LogP contribution in [0.15, 0.2) is 24.3 Å². The van der Waals surface area contributed by atoms with Crippen molar-refractivity contribution in [2.45, 2.75) is 32.4 Å². The zero-order valence-corrected chi connectivity index (χ0v) is 15.3. The van der Waals surface area contributed by atoms with Gasteiger partial charge in [0.1, 0.15) is 6.04 Å². The number of halogens is 1. The Morgan fingerprint density at radius 2 is 1.91 bits per heavy atom. The number of hydrogen-bond donors (Lipinski definition) is 1. The van der Waals surface area contributed by atoms with E-state index in [0.29, 0.717) is 23.7 Å². The highest BCUT2D eigenvalue weighted by Gasteiger charge is 2.31. The molecule has 2 unspecified atom stereocenters. The number of methoxy groups -OCH3 is 1. The highest BCUT2D eigenvalue weighted by molar-refractivity contribution is 7.92. The summed E-state index contributed by atoms with van der Waals surface area (Å²) in [4.78, 5) is 12.5. The number of hydrogen-bond acceptors (Lipinski definition) is 4. The van der Waals surface area contributed by atoms with E-state index in [2.05, 4.69) is 5.32 Å². The molecular weight excluding hydrogens is 340 g/mol. The molecule has 0 saturated heterocycles. The zero-order chi connectivity index (χ0) is 17.6. The number of anilines is 1. The summed E-state index contributed by atoms with van der Waals surface area (Å²) in [6, 6.07) is 5.29. The van der Waals surface area contributed by atoms with E-state index in [1.54, 1.807) is 38.1 Å². The van der Waals surface area contributed by atoms with Crippen molar-refractivity contribution in [1.82, 2.24) is 5.32 Å². The molecule has 0 spiro atoms. The summed E-state index contributed by atoms with van der Waals surface area (Å²) in [6.07, 6.45) is 1.41. The van der Waals surface area contributed by atoms with E-state index in [0.717, 1.165) is 10.6 Å². The molecule has 130 valence electrons. The van der Waals surface area contributed by atoms with Crippen LogP contribution >= 0.6 is 11.6 Å². The molecule has 1 rings (SSSR count). The van der Waals surface area contributed by atoms with Crippen LogP contribution in [0.5, 0.6) is 0 Å². The molecule has 0 saturated carbocycles. The number of ether oxygens (including phenoxy) is 1. The van der Waals surface area contributed by atoms with Gasteiger partial charge in [0.2, 0.25) is 15.9 Å². The van der Waals surface area contributed by atoms with Gasteiger partial charge in [0, 0.05) is 18.2 Å². The molecule has 1 aromatic carbocycles. The van der Waals surface area contributed by atoms with E-state index in [9.17, 15) is 13.2 Å². The highest BCUT2D eigenvalue weighted by atomic mass is 35.5. The maximum Gasteiger partial charge on any atom is 0.244 e. The summed E-state index contributed by atoms with van der Waals surface area (Å²) in [5.41, 5.74) is 0.401. The number of sulfonamides is 1. The smallest absolute Gasteiger partial charge is 0.244 e. The predicted molar refractivity (Wildman–Crippen MR) is 92.3 cm³/mol. The monoisotopic (exact) mass is 362 g/mol. The quantitative estimate of drug-likeness (QED) is 0.767. The third-order valence-electron chi connectivity index (χ3n) is 3.22. The minimum Gasteiger partial charge on any atom is -0.383 e. The van der Waals surface area contributed by atoms with Gasteiger partial charge in [-0.3, -0.25) is 9.10 Å². The van der Waals surface area contributed by atoms with Gasteiger partial charge in [0.05, 0.1) is 18.6 Å². The van der Waals surface area contributed by atoms with Gasteiger partial charge in [-0.15, -0.1) is 0 Å². The summed E-state index contributed by atoms with van der Waals surface area (Å²) >= 11 is 5.85. The lowest BCUT2D eigenvalue weighted by Gasteiger charge is -2.31. The molecule has 1 N–H and O–H groups in total. The molecule has 23 heavy (non-hydrogen) atoms. The van der Waals surface area contributed by atoms with E-state index < -0.39 is 16.1 Å². The molecule has 0 aliphatic rings. The fraction of sp³-hybridized carbons (Fsp3) is 0.533. The second-order valence-corrected chi connectivity index (χ2v) is 7.62. The van der Waals surface area contributed by atoms with Gasteiger partial charge in [0.25, 0.3) is 0 Å². The first kappa shape index (κ1) is 19.7. The SMILES string of the molecule is CCC(C(=O)NC(C)COC)N(c1ccc(Cl)cc1)S(C)(=O)=O. The summed E-state index contributed by atoms with van der Waals surface area (Å²) in [5.74, 6) is -0.363. The Morgan fingerprint density at radius 1 is 1.35 bits per heavy atom. The van der Waals surface area contributed by atoms with Crippen LogP contribution < -0.4 is 9.62 Å². The minimum atomic E-state index is -3.64. The molecule has 8 heteroatoms. The molecular formula is C15H23ClN2O4S. The van der Waals surface area contributed by atoms with E-state index in [4.69, 9.17) is 16.3 Å². The molecule has 0 fully saturated rings. The Hall–Kier alpha value is -1.31. The average molecular weight is 363 g/mol. The molecule has 0 bridgehead atoms. The molecule has 1 amide bonds. The summed E-state index contributed by atoms with van der Waals surface area (Å²) in [5, 5.41) is 3.26. The van der Waals surface area contributed by atoms with E-state index in [1.165, 1.54) is 7.11 Å². The van der Waals surface area contributed by atoms with E-state index in [-0.39, 0.29) is 11.9 Å². The van der Waals surface area contributed by atoms with Gasteiger partial charge in [-0.05, 0) is 37.6 Å². The zero-order valence-electron chi connectivity index (χ0n) is 13.7. The molecule has 2 atom stereocenters. The standard InChI is InChI=1S/C15H23ClN2O4S/c1-5-14(15(19)17-11(2)10-22-3)18(23(4,20)21)13-8-6-12(16)7-9-13/h6-9,11,14H,5,10H2,1-4H3,(H,17,19). The van der Waals surface area contributed by atoms with Crippen molar-refractivity contribution in [1.29, 1.82) is 0 Å². The van der Waals surface area contributed by atoms with Gasteiger partial charge in [0.15, 0.2) is 0 Å². The lowest BCUT2D eigenvalue weighted by Crippen LogP contribution is -2.51. The molecule has 0 aliphatic heterocycles. The molecule has 1 aromatic rings. The molecule has 0 heterocycles. The Labute approximate surface area is 142 Å². The summed E-state index contributed by atoms with van der Waals surface area (Å²) in [6.45, 7) is 3.91. The topological polar surface area (TPSA) is 75.7 Å². The number of amides is 1. The molecule has 0 aromatic heterocycles. The third kappa shape index (κ3) is 5.67. The second-order valence-electron chi connectivity index (χ2n) is 5.32. The van der Waals surface area contributed by atoms with Crippen LogP contribution in [0, 0.1) is 0 Å². The van der Waals surface area contributed by atoms with Crippen LogP contribution in [0.4, 0.5) is 5.69 Å². The lowest BCUT2D eigenvalue weighted by atomic mass is 10.1. The number of carbonyl (C=O) groups excluding carboxylic acids is 1. The van der Waals surface area contributed by atoms with Crippen LogP contribution in [0.2, 0.25) is 5.02 Å². The number of nitrogens with one attached hydrogen (secondary N) is 1. The largest absolute Gasteiger partial charge is 0.383 e. The lowest BCUT2D eigenvalue weighted by molar-refractivity contribution is -0.123. The maximum atomic E-state index is 12.5. The first-order chi connectivity index (χ1) is 10.7. The maximum absolute atomic E-state index is 12.5. The van der Waals surface area contributed by atoms with Gasteiger partial charge < -0.3 is 10.1 Å². The van der Waals surface area contributed by atoms with Crippen molar-refractivity contribution in [2.24, 2.45) is 0 Å². The van der Waals surface area contributed by atoms with Crippen molar-refractivity contribution < 1.29 is 17.9 Å². The van der Waals surface area contributed by atoms with Crippen LogP contribution in [0.25, 0.3) is 0 Å². The van der Waals surface area contributed by atoms with Gasteiger partial charge in [-0.1, -0.05) is 18.5 Å². The summed E-state index contributed by atoms with van der Waals surface area (Å²) < 4.78 is 30.5. The predicted octanol–water partition coefficient (Wildman–Crippen LogP) is 2.04. The Bertz CT molecular complexity index is 619. The average Bonchev–Trinajstić information content (AvgIpc) is 2.44. The van der Waals surface area contributed by atoms with Crippen LogP contribution in [0.3, 0.4) is 0 Å². The van der Waals surface area contributed by atoms with Crippen LogP contribution in [-0.2, 0) is 19.6 Å². The van der Waals surface area contributed by atoms with E-state index >= 15 is 0 Å². The molecule has 6 nitrogen and oxygen atoms in total. The number of benzene rings is 1. The fourth-order valence-corrected chi connectivity index (χ4v) is 3.62. The second kappa shape index (κ2) is 8.52. The number of nitrogens with zero attached hydrogens (tertiary/aromatic N) is 1. The summed E-state index contributed by atoms with van der Waals surface area (Å²) in [7, 11) is -2.10. The van der Waals surface area contributed by atoms with Gasteiger partial charge in [-0.25, -0.2) is 8.42 Å². The van der Waals surface area contributed by atoms with Crippen molar-refractivity contribution in [3.8, 4) is 0 Å². The third-order valence-corrected chi connectivity index (χ3v) is 4.65. The first-order valence-corrected chi connectivity index (χ1v) is 9.47. The van der Waals surface area contributed by atoms with Crippen molar-refractivity contribution in [2.75, 3.05) is 24.3 Å². The van der Waals surface area contributed by atoms with Crippen LogP contribution in [-0.4, -0.2) is 46.4 Å². The van der Waals surface area contributed by atoms with Crippen LogP contribution in [0.1, 0.15) is 20.3 Å². The number of rotatable bonds is 8. The Kier molecular flexibility index (Phi) is 7.31. The Morgan fingerprint density at radius 3 is 2.35 bits per heavy atom.